The number of nitrogens with one attached hydrogen (secondary N) is 1. The highest BCUT2D eigenvalue weighted by molar-refractivity contribution is 7.93. The minimum absolute atomic E-state index is 0.255. The third-order valence-electron chi connectivity index (χ3n) is 3.95. The van der Waals surface area contributed by atoms with Crippen molar-refractivity contribution >= 4 is 16.1 Å². The molecule has 0 fully saturated rings. The molecule has 0 aliphatic heterocycles. The first-order chi connectivity index (χ1) is 11.0. The van der Waals surface area contributed by atoms with Crippen LogP contribution in [-0.4, -0.2) is 15.0 Å². The molecular formula is C18H18FNO2S. The minimum atomic E-state index is -3.49. The van der Waals surface area contributed by atoms with Crippen LogP contribution in [0.2, 0.25) is 0 Å². The number of sulfonamides is 1. The van der Waals surface area contributed by atoms with Crippen LogP contribution < -0.4 is 4.72 Å². The summed E-state index contributed by atoms with van der Waals surface area (Å²) in [7, 11) is -3.49. The summed E-state index contributed by atoms with van der Waals surface area (Å²) < 4.78 is 40.5. The van der Waals surface area contributed by atoms with Gasteiger partial charge in [0.1, 0.15) is 5.82 Å². The van der Waals surface area contributed by atoms with E-state index in [1.165, 1.54) is 17.7 Å². The van der Waals surface area contributed by atoms with Gasteiger partial charge in [-0.05, 0) is 54.2 Å². The van der Waals surface area contributed by atoms with Crippen LogP contribution in [0.1, 0.15) is 23.1 Å². The van der Waals surface area contributed by atoms with Crippen LogP contribution in [0, 0.1) is 5.82 Å². The maximum absolute atomic E-state index is 13.1. The Morgan fingerprint density at radius 1 is 1.04 bits per heavy atom. The third-order valence-corrected chi connectivity index (χ3v) is 5.55. The topological polar surface area (TPSA) is 46.2 Å². The predicted molar refractivity (Wildman–Crippen MR) is 89.8 cm³/mol. The molecule has 120 valence electrons. The van der Waals surface area contributed by atoms with Gasteiger partial charge in [-0.3, -0.25) is 0 Å². The van der Waals surface area contributed by atoms with Gasteiger partial charge in [0.15, 0.2) is 0 Å². The van der Waals surface area contributed by atoms with Crippen LogP contribution in [-0.2, 0) is 22.9 Å². The molecule has 3 rings (SSSR count). The van der Waals surface area contributed by atoms with Gasteiger partial charge < -0.3 is 0 Å². The van der Waals surface area contributed by atoms with Crippen LogP contribution in [0.25, 0.3) is 6.08 Å². The average Bonchev–Trinajstić information content (AvgIpc) is 2.54. The fourth-order valence-electron chi connectivity index (χ4n) is 2.73. The Bertz CT molecular complexity index is 844. The maximum Gasteiger partial charge on any atom is 0.236 e. The van der Waals surface area contributed by atoms with Crippen molar-refractivity contribution in [2.45, 2.75) is 19.3 Å². The van der Waals surface area contributed by atoms with E-state index in [-0.39, 0.29) is 12.4 Å². The highest BCUT2D eigenvalue weighted by Gasteiger charge is 2.21. The molecule has 0 unspecified atom stereocenters. The molecule has 0 amide bonds. The van der Waals surface area contributed by atoms with Crippen molar-refractivity contribution in [1.29, 1.82) is 0 Å². The Labute approximate surface area is 135 Å². The van der Waals surface area contributed by atoms with E-state index >= 15 is 0 Å². The number of rotatable bonds is 5. The molecule has 0 heterocycles. The summed E-state index contributed by atoms with van der Waals surface area (Å²) in [6, 6.07) is 14.0. The first kappa shape index (κ1) is 15.9. The maximum atomic E-state index is 13.1. The number of halogens is 1. The molecule has 0 spiro atoms. The molecule has 0 bridgehead atoms. The van der Waals surface area contributed by atoms with Crippen molar-refractivity contribution in [1.82, 2.24) is 4.72 Å². The SMILES string of the molecule is O=S(=O)(NCCc1cccc(F)c1)C1=Cc2ccccc2CC1. The zero-order valence-corrected chi connectivity index (χ0v) is 13.4. The van der Waals surface area contributed by atoms with E-state index in [1.54, 1.807) is 18.2 Å². The first-order valence-corrected chi connectivity index (χ1v) is 9.05. The van der Waals surface area contributed by atoms with Gasteiger partial charge >= 0.3 is 0 Å². The first-order valence-electron chi connectivity index (χ1n) is 7.57. The molecule has 0 aromatic heterocycles. The highest BCUT2D eigenvalue weighted by atomic mass is 32.2. The summed E-state index contributed by atoms with van der Waals surface area (Å²) in [6.07, 6.45) is 3.43. The Morgan fingerprint density at radius 2 is 1.87 bits per heavy atom. The second-order valence-electron chi connectivity index (χ2n) is 5.59. The smallest absolute Gasteiger partial charge is 0.211 e. The molecular weight excluding hydrogens is 313 g/mol. The number of fused-ring (bicyclic) bond motifs is 1. The number of allylic oxidation sites excluding steroid dienone is 1. The predicted octanol–water partition coefficient (Wildman–Crippen LogP) is 3.27. The van der Waals surface area contributed by atoms with Gasteiger partial charge in [-0.15, -0.1) is 0 Å². The van der Waals surface area contributed by atoms with E-state index in [9.17, 15) is 12.8 Å². The van der Waals surface area contributed by atoms with Crippen LogP contribution in [0.15, 0.2) is 53.4 Å². The van der Waals surface area contributed by atoms with E-state index in [4.69, 9.17) is 0 Å². The monoisotopic (exact) mass is 331 g/mol. The Balaban J connectivity index is 1.67. The zero-order valence-electron chi connectivity index (χ0n) is 12.6. The van der Waals surface area contributed by atoms with Crippen LogP contribution in [0.4, 0.5) is 4.39 Å². The molecule has 0 atom stereocenters. The van der Waals surface area contributed by atoms with Gasteiger partial charge in [0.25, 0.3) is 0 Å². The molecule has 1 aliphatic carbocycles. The Hall–Kier alpha value is -1.98. The molecule has 1 N–H and O–H groups in total. The lowest BCUT2D eigenvalue weighted by atomic mass is 9.98. The van der Waals surface area contributed by atoms with Crippen LogP contribution in [0.3, 0.4) is 0 Å². The zero-order chi connectivity index (χ0) is 16.3. The van der Waals surface area contributed by atoms with Crippen molar-refractivity contribution in [3.8, 4) is 0 Å². The van der Waals surface area contributed by atoms with E-state index in [0.29, 0.717) is 17.7 Å². The molecule has 2 aromatic carbocycles. The van der Waals surface area contributed by atoms with E-state index in [1.807, 2.05) is 24.3 Å². The molecule has 1 aliphatic rings. The largest absolute Gasteiger partial charge is 0.236 e. The quantitative estimate of drug-likeness (QED) is 0.914. The number of hydrogen-bond acceptors (Lipinski definition) is 2. The molecule has 0 radical (unpaired) electrons. The molecule has 5 heteroatoms. The summed E-state index contributed by atoms with van der Waals surface area (Å²) in [5.74, 6) is -0.308. The fraction of sp³-hybridized carbons (Fsp3) is 0.222. The number of aryl methyl sites for hydroxylation is 1. The van der Waals surface area contributed by atoms with Crippen molar-refractivity contribution in [2.24, 2.45) is 0 Å². The molecule has 0 saturated carbocycles. The van der Waals surface area contributed by atoms with Crippen LogP contribution >= 0.6 is 0 Å². The summed E-state index contributed by atoms with van der Waals surface area (Å²) >= 11 is 0. The molecule has 2 aromatic rings. The third kappa shape index (κ3) is 3.86. The second kappa shape index (κ2) is 6.64. The summed E-state index contributed by atoms with van der Waals surface area (Å²) in [5.41, 5.74) is 2.91. The van der Waals surface area contributed by atoms with Crippen molar-refractivity contribution < 1.29 is 12.8 Å². The van der Waals surface area contributed by atoms with Gasteiger partial charge in [-0.1, -0.05) is 36.4 Å². The molecule has 23 heavy (non-hydrogen) atoms. The minimum Gasteiger partial charge on any atom is -0.211 e. The van der Waals surface area contributed by atoms with Crippen molar-refractivity contribution in [3.63, 3.8) is 0 Å². The lowest BCUT2D eigenvalue weighted by Crippen LogP contribution is -2.28. The number of hydrogen-bond donors (Lipinski definition) is 1. The van der Waals surface area contributed by atoms with Gasteiger partial charge in [-0.25, -0.2) is 17.5 Å². The Morgan fingerprint density at radius 3 is 2.70 bits per heavy atom. The highest BCUT2D eigenvalue weighted by Crippen LogP contribution is 2.26. The van der Waals surface area contributed by atoms with E-state index in [2.05, 4.69) is 4.72 Å². The normalized spacial score (nSPS) is 14.2. The Kier molecular flexibility index (Phi) is 4.59. The van der Waals surface area contributed by atoms with Gasteiger partial charge in [-0.2, -0.15) is 0 Å². The summed E-state index contributed by atoms with van der Waals surface area (Å²) in [5, 5.41) is 0. The lowest BCUT2D eigenvalue weighted by molar-refractivity contribution is 0.586. The fourth-order valence-corrected chi connectivity index (χ4v) is 3.94. The summed E-state index contributed by atoms with van der Waals surface area (Å²) in [6.45, 7) is 0.255. The van der Waals surface area contributed by atoms with Gasteiger partial charge in [0.2, 0.25) is 10.0 Å². The summed E-state index contributed by atoms with van der Waals surface area (Å²) in [4.78, 5) is 0.412. The van der Waals surface area contributed by atoms with E-state index < -0.39 is 10.0 Å². The average molecular weight is 331 g/mol. The lowest BCUT2D eigenvalue weighted by Gasteiger charge is -2.17. The van der Waals surface area contributed by atoms with E-state index in [0.717, 1.165) is 17.5 Å². The molecule has 3 nitrogen and oxygen atoms in total. The number of benzene rings is 2. The van der Waals surface area contributed by atoms with Crippen molar-refractivity contribution in [3.05, 3.63) is 75.9 Å². The van der Waals surface area contributed by atoms with Gasteiger partial charge in [0, 0.05) is 6.54 Å². The second-order valence-corrected chi connectivity index (χ2v) is 7.41. The van der Waals surface area contributed by atoms with Crippen LogP contribution in [0.5, 0.6) is 0 Å². The van der Waals surface area contributed by atoms with Crippen molar-refractivity contribution in [2.75, 3.05) is 6.54 Å². The molecule has 0 saturated heterocycles. The van der Waals surface area contributed by atoms with Gasteiger partial charge in [0.05, 0.1) is 4.91 Å². The standard InChI is InChI=1S/C18H18FNO2S/c19-17-7-3-4-14(12-17)10-11-20-23(21,22)18-9-8-15-5-1-2-6-16(15)13-18/h1-7,12-13,20H,8-11H2.